The molecule has 0 atom stereocenters. The Labute approximate surface area is 187 Å². The Kier molecular flexibility index (Phi) is 9.32. The first-order valence-electron chi connectivity index (χ1n) is 11.9. The summed E-state index contributed by atoms with van der Waals surface area (Å²) in [6.07, 6.45) is 13.5. The zero-order valence-electron chi connectivity index (χ0n) is 18.5. The van der Waals surface area contributed by atoms with Crippen LogP contribution in [0.15, 0.2) is 24.3 Å². The lowest BCUT2D eigenvalue weighted by molar-refractivity contribution is 0.223. The third kappa shape index (κ3) is 6.44. The van der Waals surface area contributed by atoms with Gasteiger partial charge in [0.05, 0.1) is 16.1 Å². The summed E-state index contributed by atoms with van der Waals surface area (Å²) in [6, 6.07) is 12.3. The molecule has 1 aromatic rings. The first kappa shape index (κ1) is 23.1. The molecule has 1 heterocycles. The van der Waals surface area contributed by atoms with Gasteiger partial charge >= 0.3 is 0 Å². The van der Waals surface area contributed by atoms with Crippen LogP contribution in [0.5, 0.6) is 0 Å². The van der Waals surface area contributed by atoms with Gasteiger partial charge in [-0.25, -0.2) is 0 Å². The summed E-state index contributed by atoms with van der Waals surface area (Å²) in [6.45, 7) is 4.54. The predicted molar refractivity (Wildman–Crippen MR) is 131 cm³/mol. The van der Waals surface area contributed by atoms with Gasteiger partial charge in [-0.05, 0) is 73.0 Å². The molecule has 1 saturated heterocycles. The fourth-order valence-corrected chi connectivity index (χ4v) is 8.12. The van der Waals surface area contributed by atoms with Gasteiger partial charge < -0.3 is 0 Å². The Bertz CT molecular complexity index is 632. The number of nitrogens with zero attached hydrogens (tertiary/aromatic N) is 1. The van der Waals surface area contributed by atoms with E-state index in [0.717, 1.165) is 25.2 Å². The van der Waals surface area contributed by atoms with Crippen molar-refractivity contribution in [1.82, 2.24) is 0 Å². The van der Waals surface area contributed by atoms with E-state index in [4.69, 9.17) is 0 Å². The van der Waals surface area contributed by atoms with Crippen molar-refractivity contribution in [2.75, 3.05) is 11.5 Å². The smallest absolute Gasteiger partial charge is 0.0751 e. The first-order chi connectivity index (χ1) is 14.2. The molecule has 0 aromatic heterocycles. The van der Waals surface area contributed by atoms with Crippen LogP contribution in [0.1, 0.15) is 106 Å². The lowest BCUT2D eigenvalue weighted by atomic mass is 9.67. The molecule has 1 nitrogen and oxygen atoms in total. The average molecular weight is 430 g/mol. The largest absolute Gasteiger partial charge is 0.198 e. The summed E-state index contributed by atoms with van der Waals surface area (Å²) in [5.74, 6) is 4.23. The van der Waals surface area contributed by atoms with Crippen molar-refractivity contribution in [3.8, 4) is 6.07 Å². The van der Waals surface area contributed by atoms with Crippen LogP contribution >= 0.6 is 23.5 Å². The van der Waals surface area contributed by atoms with E-state index in [0.29, 0.717) is 10.5 Å². The van der Waals surface area contributed by atoms with Crippen molar-refractivity contribution < 1.29 is 0 Å². The van der Waals surface area contributed by atoms with Crippen LogP contribution < -0.4 is 0 Å². The zero-order chi connectivity index (χ0) is 20.5. The van der Waals surface area contributed by atoms with Crippen molar-refractivity contribution in [2.24, 2.45) is 11.3 Å². The van der Waals surface area contributed by atoms with Crippen LogP contribution in [-0.4, -0.2) is 11.5 Å². The molecule has 3 rings (SSSR count). The maximum atomic E-state index is 9.79. The van der Waals surface area contributed by atoms with E-state index in [9.17, 15) is 5.26 Å². The highest BCUT2D eigenvalue weighted by Crippen LogP contribution is 2.48. The Morgan fingerprint density at radius 1 is 0.931 bits per heavy atom. The van der Waals surface area contributed by atoms with Crippen LogP contribution in [0.4, 0.5) is 0 Å². The molecule has 0 bridgehead atoms. The minimum absolute atomic E-state index is 0.0324. The van der Waals surface area contributed by atoms with Crippen molar-refractivity contribution in [2.45, 2.75) is 95.0 Å². The Morgan fingerprint density at radius 2 is 1.55 bits per heavy atom. The molecule has 1 aliphatic heterocycles. The summed E-state index contributed by atoms with van der Waals surface area (Å²) < 4.78 is 0.623. The minimum Gasteiger partial charge on any atom is -0.198 e. The molecule has 2 aliphatic rings. The fourth-order valence-electron chi connectivity index (χ4n) is 4.96. The topological polar surface area (TPSA) is 23.8 Å². The molecule has 2 fully saturated rings. The van der Waals surface area contributed by atoms with Crippen LogP contribution in [0.2, 0.25) is 0 Å². The number of hydrogen-bond acceptors (Lipinski definition) is 3. The quantitative estimate of drug-likeness (QED) is 0.367. The van der Waals surface area contributed by atoms with Gasteiger partial charge in [-0.15, -0.1) is 23.5 Å². The number of nitriles is 1. The van der Waals surface area contributed by atoms with Crippen molar-refractivity contribution in [3.05, 3.63) is 35.4 Å². The average Bonchev–Trinajstić information content (AvgIpc) is 2.79. The number of benzene rings is 1. The second kappa shape index (κ2) is 11.7. The Hall–Kier alpha value is -0.590. The number of thioether (sulfide) groups is 2. The lowest BCUT2D eigenvalue weighted by Gasteiger charge is -2.35. The van der Waals surface area contributed by atoms with E-state index in [1.165, 1.54) is 74.0 Å². The number of unbranched alkanes of at least 4 members (excludes halogenated alkanes) is 3. The Morgan fingerprint density at radius 3 is 2.14 bits per heavy atom. The number of hydrogen-bond donors (Lipinski definition) is 0. The molecule has 0 radical (unpaired) electrons. The lowest BCUT2D eigenvalue weighted by Crippen LogP contribution is -2.25. The van der Waals surface area contributed by atoms with Crippen LogP contribution in [0.3, 0.4) is 0 Å². The molecule has 0 spiro atoms. The van der Waals surface area contributed by atoms with E-state index in [1.807, 2.05) is 0 Å². The maximum absolute atomic E-state index is 9.79. The summed E-state index contributed by atoms with van der Waals surface area (Å²) in [5, 5.41) is 9.79. The summed E-state index contributed by atoms with van der Waals surface area (Å²) >= 11 is 4.31. The zero-order valence-corrected chi connectivity index (χ0v) is 20.1. The monoisotopic (exact) mass is 429 g/mol. The maximum Gasteiger partial charge on any atom is 0.0751 e. The normalized spacial score (nSPS) is 30.0. The standard InChI is InChI=1S/C26H39NS2/c1-3-5-7-15-26(20-27)16-13-23(14-17-26)22-9-11-24(12-10-22)25-28-18-21(19-29-25)8-6-4-2/h9-12,21,23,25H,3-8,13-19H2,1-2H3. The molecule has 160 valence electrons. The molecule has 3 heteroatoms. The molecule has 1 aliphatic carbocycles. The van der Waals surface area contributed by atoms with Gasteiger partial charge in [-0.1, -0.05) is 70.2 Å². The highest BCUT2D eigenvalue weighted by Gasteiger charge is 2.35. The van der Waals surface area contributed by atoms with Crippen molar-refractivity contribution in [3.63, 3.8) is 0 Å². The van der Waals surface area contributed by atoms with Crippen molar-refractivity contribution in [1.29, 1.82) is 5.26 Å². The van der Waals surface area contributed by atoms with Gasteiger partial charge in [-0.2, -0.15) is 5.26 Å². The van der Waals surface area contributed by atoms with Gasteiger partial charge in [0.15, 0.2) is 0 Å². The Balaban J connectivity index is 1.49. The van der Waals surface area contributed by atoms with E-state index < -0.39 is 0 Å². The highest BCUT2D eigenvalue weighted by molar-refractivity contribution is 8.16. The molecule has 1 saturated carbocycles. The SMILES string of the molecule is CCCCCC1(C#N)CCC(c2ccc(C3SCC(CCCC)CS3)cc2)CC1. The van der Waals surface area contributed by atoms with Crippen molar-refractivity contribution >= 4 is 23.5 Å². The fraction of sp³-hybridized carbons (Fsp3) is 0.731. The molecule has 29 heavy (non-hydrogen) atoms. The molecular weight excluding hydrogens is 390 g/mol. The highest BCUT2D eigenvalue weighted by atomic mass is 32.2. The van der Waals surface area contributed by atoms with Gasteiger partial charge in [0.2, 0.25) is 0 Å². The number of rotatable bonds is 9. The second-order valence-electron chi connectivity index (χ2n) is 9.30. The third-order valence-corrected chi connectivity index (χ3v) is 10.3. The molecule has 1 aromatic carbocycles. The minimum atomic E-state index is -0.0324. The summed E-state index contributed by atoms with van der Waals surface area (Å²) in [5.41, 5.74) is 2.97. The van der Waals surface area contributed by atoms with Gasteiger partial charge in [0, 0.05) is 0 Å². The van der Waals surface area contributed by atoms with Gasteiger partial charge in [0.25, 0.3) is 0 Å². The summed E-state index contributed by atoms with van der Waals surface area (Å²) in [7, 11) is 0. The van der Waals surface area contributed by atoms with Crippen LogP contribution in [-0.2, 0) is 0 Å². The molecule has 0 unspecified atom stereocenters. The molecule has 0 N–H and O–H groups in total. The van der Waals surface area contributed by atoms with Crippen LogP contribution in [0, 0.1) is 22.7 Å². The van der Waals surface area contributed by atoms with E-state index in [2.05, 4.69) is 67.7 Å². The first-order valence-corrected chi connectivity index (χ1v) is 14.0. The third-order valence-electron chi connectivity index (χ3n) is 7.05. The molecular formula is C26H39NS2. The molecule has 0 amide bonds. The van der Waals surface area contributed by atoms with E-state index >= 15 is 0 Å². The predicted octanol–water partition coefficient (Wildman–Crippen LogP) is 8.72. The second-order valence-corrected chi connectivity index (χ2v) is 11.9. The van der Waals surface area contributed by atoms with Gasteiger partial charge in [-0.3, -0.25) is 0 Å². The summed E-state index contributed by atoms with van der Waals surface area (Å²) in [4.78, 5) is 0. The van der Waals surface area contributed by atoms with E-state index in [1.54, 1.807) is 0 Å². The van der Waals surface area contributed by atoms with E-state index in [-0.39, 0.29) is 5.41 Å². The van der Waals surface area contributed by atoms with Crippen LogP contribution in [0.25, 0.3) is 0 Å². The van der Waals surface area contributed by atoms with Gasteiger partial charge in [0.1, 0.15) is 0 Å².